The zero-order valence-electron chi connectivity index (χ0n) is 9.00. The summed E-state index contributed by atoms with van der Waals surface area (Å²) >= 11 is 3.31. The van der Waals surface area contributed by atoms with Crippen LogP contribution >= 0.6 is 15.9 Å². The molecule has 0 atom stereocenters. The minimum atomic E-state index is 0.668. The molecule has 2 aromatic rings. The molecule has 1 N–H and O–H groups in total. The number of oxazole rings is 1. The van der Waals surface area contributed by atoms with Crippen LogP contribution in [0, 0.1) is 0 Å². The van der Waals surface area contributed by atoms with Crippen molar-refractivity contribution in [3.8, 4) is 11.3 Å². The average Bonchev–Trinajstić information content (AvgIpc) is 2.87. The van der Waals surface area contributed by atoms with E-state index >= 15 is 0 Å². The summed E-state index contributed by atoms with van der Waals surface area (Å²) in [6.45, 7) is 3.91. The van der Waals surface area contributed by atoms with Crippen molar-refractivity contribution >= 4 is 15.9 Å². The van der Waals surface area contributed by atoms with Gasteiger partial charge in [-0.25, -0.2) is 4.98 Å². The number of furan rings is 1. The van der Waals surface area contributed by atoms with Gasteiger partial charge in [0.25, 0.3) is 0 Å². The molecule has 2 rings (SSSR count). The van der Waals surface area contributed by atoms with Crippen LogP contribution in [0.2, 0.25) is 0 Å². The predicted molar refractivity (Wildman–Crippen MR) is 64.2 cm³/mol. The molecular formula is C11H13BrN2O2. The zero-order chi connectivity index (χ0) is 11.4. The van der Waals surface area contributed by atoms with E-state index in [1.807, 2.05) is 6.07 Å². The number of hydrogen-bond donors (Lipinski definition) is 1. The number of rotatable bonds is 5. The largest absolute Gasteiger partial charge is 0.457 e. The minimum absolute atomic E-state index is 0.668. The van der Waals surface area contributed by atoms with E-state index in [4.69, 9.17) is 8.83 Å². The third-order valence-electron chi connectivity index (χ3n) is 2.20. The van der Waals surface area contributed by atoms with Gasteiger partial charge in [0.15, 0.2) is 16.3 Å². The summed E-state index contributed by atoms with van der Waals surface area (Å²) in [5, 5.41) is 3.22. The number of halogens is 1. The van der Waals surface area contributed by atoms with Crippen LogP contribution in [-0.2, 0) is 6.42 Å². The Labute approximate surface area is 102 Å². The lowest BCUT2D eigenvalue weighted by Gasteiger charge is -1.96. The lowest BCUT2D eigenvalue weighted by atomic mass is 10.3. The monoisotopic (exact) mass is 284 g/mol. The molecule has 0 aliphatic carbocycles. The fraction of sp³-hybridized carbons (Fsp3) is 0.364. The molecule has 86 valence electrons. The smallest absolute Gasteiger partial charge is 0.196 e. The zero-order valence-corrected chi connectivity index (χ0v) is 10.6. The summed E-state index contributed by atoms with van der Waals surface area (Å²) in [5.41, 5.74) is 0.891. The Morgan fingerprint density at radius 2 is 2.38 bits per heavy atom. The Hall–Kier alpha value is -1.07. The van der Waals surface area contributed by atoms with E-state index in [0.717, 1.165) is 36.7 Å². The molecule has 0 saturated heterocycles. The number of likely N-dealkylation sites (N-methyl/N-ethyl adjacent to an activating group) is 1. The Balaban J connectivity index is 2.05. The molecule has 0 fully saturated rings. The van der Waals surface area contributed by atoms with Gasteiger partial charge in [-0.15, -0.1) is 0 Å². The normalized spacial score (nSPS) is 10.9. The lowest BCUT2D eigenvalue weighted by molar-refractivity contribution is 0.494. The standard InChI is InChI=1S/C11H13BrN2O2/c1-2-13-5-3-10-14-7-9(16-10)8-4-6-15-11(8)12/h4,6-7,13H,2-3,5H2,1H3. The third-order valence-corrected chi connectivity index (χ3v) is 2.82. The second-order valence-electron chi connectivity index (χ2n) is 3.33. The molecule has 2 heterocycles. The quantitative estimate of drug-likeness (QED) is 0.858. The molecule has 4 nitrogen and oxygen atoms in total. The molecule has 0 aromatic carbocycles. The molecular weight excluding hydrogens is 272 g/mol. The first-order chi connectivity index (χ1) is 7.81. The van der Waals surface area contributed by atoms with Gasteiger partial charge in [0.1, 0.15) is 0 Å². The van der Waals surface area contributed by atoms with Crippen LogP contribution in [-0.4, -0.2) is 18.1 Å². The Morgan fingerprint density at radius 3 is 3.06 bits per heavy atom. The average molecular weight is 285 g/mol. The second-order valence-corrected chi connectivity index (χ2v) is 4.05. The van der Waals surface area contributed by atoms with Crippen molar-refractivity contribution in [3.63, 3.8) is 0 Å². The first-order valence-electron chi connectivity index (χ1n) is 5.20. The van der Waals surface area contributed by atoms with Gasteiger partial charge in [-0.1, -0.05) is 6.92 Å². The highest BCUT2D eigenvalue weighted by Crippen LogP contribution is 2.29. The van der Waals surface area contributed by atoms with Crippen LogP contribution in [0.25, 0.3) is 11.3 Å². The fourth-order valence-corrected chi connectivity index (χ4v) is 1.83. The summed E-state index contributed by atoms with van der Waals surface area (Å²) < 4.78 is 11.4. The van der Waals surface area contributed by atoms with E-state index in [1.165, 1.54) is 0 Å². The third kappa shape index (κ3) is 2.54. The lowest BCUT2D eigenvalue weighted by Crippen LogP contribution is -2.16. The Morgan fingerprint density at radius 1 is 1.50 bits per heavy atom. The van der Waals surface area contributed by atoms with Crippen molar-refractivity contribution in [3.05, 3.63) is 29.1 Å². The SMILES string of the molecule is CCNCCc1ncc(-c2ccoc2Br)o1. The van der Waals surface area contributed by atoms with E-state index in [0.29, 0.717) is 4.67 Å². The van der Waals surface area contributed by atoms with Crippen molar-refractivity contribution in [2.24, 2.45) is 0 Å². The van der Waals surface area contributed by atoms with Crippen LogP contribution < -0.4 is 5.32 Å². The molecule has 0 spiro atoms. The van der Waals surface area contributed by atoms with Crippen LogP contribution in [0.5, 0.6) is 0 Å². The van der Waals surface area contributed by atoms with Gasteiger partial charge in [0.2, 0.25) is 0 Å². The molecule has 0 unspecified atom stereocenters. The summed E-state index contributed by atoms with van der Waals surface area (Å²) in [7, 11) is 0. The Bertz CT molecular complexity index is 450. The summed E-state index contributed by atoms with van der Waals surface area (Å²) in [6, 6.07) is 1.85. The van der Waals surface area contributed by atoms with Crippen LogP contribution in [0.4, 0.5) is 0 Å². The highest BCUT2D eigenvalue weighted by atomic mass is 79.9. The molecule has 16 heavy (non-hydrogen) atoms. The second kappa shape index (κ2) is 5.32. The first kappa shape index (κ1) is 11.4. The number of hydrogen-bond acceptors (Lipinski definition) is 4. The van der Waals surface area contributed by atoms with Crippen LogP contribution in [0.3, 0.4) is 0 Å². The summed E-state index contributed by atoms with van der Waals surface area (Å²) in [5.74, 6) is 1.47. The molecule has 0 bridgehead atoms. The highest BCUT2D eigenvalue weighted by Gasteiger charge is 2.11. The van der Waals surface area contributed by atoms with Crippen molar-refractivity contribution in [2.75, 3.05) is 13.1 Å². The van der Waals surface area contributed by atoms with Gasteiger partial charge in [0, 0.05) is 13.0 Å². The van der Waals surface area contributed by atoms with Crippen molar-refractivity contribution in [2.45, 2.75) is 13.3 Å². The molecule has 0 saturated carbocycles. The number of aromatic nitrogens is 1. The fourth-order valence-electron chi connectivity index (χ4n) is 1.39. The van der Waals surface area contributed by atoms with E-state index in [2.05, 4.69) is 33.2 Å². The first-order valence-corrected chi connectivity index (χ1v) is 5.99. The molecule has 0 amide bonds. The molecule has 2 aromatic heterocycles. The molecule has 5 heteroatoms. The Kier molecular flexibility index (Phi) is 3.79. The van der Waals surface area contributed by atoms with Crippen molar-refractivity contribution in [1.82, 2.24) is 10.3 Å². The maximum Gasteiger partial charge on any atom is 0.196 e. The molecule has 0 aliphatic rings. The van der Waals surface area contributed by atoms with E-state index in [-0.39, 0.29) is 0 Å². The summed E-state index contributed by atoms with van der Waals surface area (Å²) in [4.78, 5) is 4.22. The van der Waals surface area contributed by atoms with Crippen molar-refractivity contribution in [1.29, 1.82) is 0 Å². The van der Waals surface area contributed by atoms with Gasteiger partial charge in [-0.05, 0) is 28.5 Å². The van der Waals surface area contributed by atoms with Gasteiger partial charge in [0.05, 0.1) is 18.0 Å². The molecule has 0 radical (unpaired) electrons. The van der Waals surface area contributed by atoms with Crippen LogP contribution in [0.1, 0.15) is 12.8 Å². The number of nitrogens with zero attached hydrogens (tertiary/aromatic N) is 1. The van der Waals surface area contributed by atoms with Gasteiger partial charge in [-0.2, -0.15) is 0 Å². The predicted octanol–water partition coefficient (Wildman–Crippen LogP) is 2.85. The van der Waals surface area contributed by atoms with E-state index in [9.17, 15) is 0 Å². The van der Waals surface area contributed by atoms with Gasteiger partial charge >= 0.3 is 0 Å². The summed E-state index contributed by atoms with van der Waals surface area (Å²) in [6.07, 6.45) is 4.13. The van der Waals surface area contributed by atoms with Gasteiger partial charge < -0.3 is 14.2 Å². The maximum absolute atomic E-state index is 5.61. The number of nitrogens with one attached hydrogen (secondary N) is 1. The topological polar surface area (TPSA) is 51.2 Å². The minimum Gasteiger partial charge on any atom is -0.457 e. The van der Waals surface area contributed by atoms with Crippen LogP contribution in [0.15, 0.2) is 32.0 Å². The highest BCUT2D eigenvalue weighted by molar-refractivity contribution is 9.10. The van der Waals surface area contributed by atoms with E-state index in [1.54, 1.807) is 12.5 Å². The van der Waals surface area contributed by atoms with E-state index < -0.39 is 0 Å². The molecule has 0 aliphatic heterocycles. The van der Waals surface area contributed by atoms with Crippen molar-refractivity contribution < 1.29 is 8.83 Å². The van der Waals surface area contributed by atoms with Gasteiger partial charge in [-0.3, -0.25) is 0 Å². The maximum atomic E-state index is 5.61.